The summed E-state index contributed by atoms with van der Waals surface area (Å²) in [6.07, 6.45) is 3.31. The summed E-state index contributed by atoms with van der Waals surface area (Å²) in [7, 11) is 1.68. The third-order valence-corrected chi connectivity index (χ3v) is 6.78. The van der Waals surface area contributed by atoms with E-state index in [2.05, 4.69) is 43.9 Å². The molecule has 0 saturated carbocycles. The fourth-order valence-electron chi connectivity index (χ4n) is 4.95. The Morgan fingerprint density at radius 3 is 2.73 bits per heavy atom. The van der Waals surface area contributed by atoms with Crippen LogP contribution in [0.3, 0.4) is 0 Å². The number of benzene rings is 1. The Bertz CT molecular complexity index is 1100. The number of hydrogen-bond acceptors (Lipinski definition) is 7. The molecule has 4 heterocycles. The average molecular weight is 455 g/mol. The van der Waals surface area contributed by atoms with Gasteiger partial charge in [0.2, 0.25) is 0 Å². The molecule has 0 radical (unpaired) electrons. The quantitative estimate of drug-likeness (QED) is 0.567. The lowest BCUT2D eigenvalue weighted by molar-refractivity contribution is 0.0862. The summed E-state index contributed by atoms with van der Waals surface area (Å²) in [4.78, 5) is 13.3. The predicted molar refractivity (Wildman–Crippen MR) is 125 cm³/mol. The molecule has 2 aliphatic heterocycles. The zero-order valence-electron chi connectivity index (χ0n) is 19.3. The first-order chi connectivity index (χ1) is 16.1. The maximum Gasteiger partial charge on any atom is 0.159 e. The maximum absolute atomic E-state index is 15.3. The van der Waals surface area contributed by atoms with Crippen molar-refractivity contribution < 1.29 is 13.9 Å². The number of likely N-dealkylation sites (tertiary alicyclic amines) is 1. The second kappa shape index (κ2) is 9.70. The van der Waals surface area contributed by atoms with Gasteiger partial charge < -0.3 is 14.4 Å². The van der Waals surface area contributed by atoms with Crippen molar-refractivity contribution in [3.8, 4) is 5.82 Å². The Kier molecular flexibility index (Phi) is 6.52. The number of piperidine rings is 1. The van der Waals surface area contributed by atoms with Gasteiger partial charge in [0.25, 0.3) is 0 Å². The van der Waals surface area contributed by atoms with Crippen LogP contribution in [0.5, 0.6) is 0 Å². The second-order valence-electron chi connectivity index (χ2n) is 8.86. The molecule has 2 aromatic heterocycles. The van der Waals surface area contributed by atoms with E-state index in [0.717, 1.165) is 60.4 Å². The van der Waals surface area contributed by atoms with Gasteiger partial charge in [-0.15, -0.1) is 0 Å². The first-order valence-corrected chi connectivity index (χ1v) is 11.6. The molecule has 33 heavy (non-hydrogen) atoms. The lowest BCUT2D eigenvalue weighted by atomic mass is 9.85. The Morgan fingerprint density at radius 2 is 1.94 bits per heavy atom. The van der Waals surface area contributed by atoms with Crippen LogP contribution in [0.15, 0.2) is 30.7 Å². The van der Waals surface area contributed by atoms with E-state index in [0.29, 0.717) is 32.2 Å². The van der Waals surface area contributed by atoms with E-state index in [-0.39, 0.29) is 5.92 Å². The Hall–Kier alpha value is -2.62. The van der Waals surface area contributed by atoms with Crippen LogP contribution in [-0.2, 0) is 9.47 Å². The van der Waals surface area contributed by atoms with Crippen LogP contribution in [0.4, 0.5) is 10.2 Å². The van der Waals surface area contributed by atoms with Crippen molar-refractivity contribution >= 4 is 16.7 Å². The summed E-state index contributed by atoms with van der Waals surface area (Å²) in [6, 6.07) is 6.18. The normalized spacial score (nSPS) is 22.2. The van der Waals surface area contributed by atoms with Gasteiger partial charge in [0.1, 0.15) is 18.3 Å². The van der Waals surface area contributed by atoms with E-state index in [1.165, 1.54) is 0 Å². The zero-order chi connectivity index (χ0) is 22.8. The Morgan fingerprint density at radius 1 is 1.12 bits per heavy atom. The van der Waals surface area contributed by atoms with Gasteiger partial charge in [-0.3, -0.25) is 4.90 Å². The van der Waals surface area contributed by atoms with E-state index in [1.54, 1.807) is 13.4 Å². The van der Waals surface area contributed by atoms with E-state index in [1.807, 2.05) is 16.9 Å². The maximum atomic E-state index is 15.3. The number of alkyl halides is 1. The van der Waals surface area contributed by atoms with Crippen LogP contribution >= 0.6 is 0 Å². The number of halogens is 1. The van der Waals surface area contributed by atoms with E-state index in [9.17, 15) is 0 Å². The molecule has 1 aromatic carbocycles. The summed E-state index contributed by atoms with van der Waals surface area (Å²) in [6.45, 7) is 7.79. The molecule has 2 saturated heterocycles. The van der Waals surface area contributed by atoms with Crippen molar-refractivity contribution in [2.45, 2.75) is 25.4 Å². The van der Waals surface area contributed by atoms with E-state index >= 15 is 4.39 Å². The third-order valence-electron chi connectivity index (χ3n) is 6.78. The number of ether oxygens (including phenoxy) is 2. The molecule has 0 amide bonds. The summed E-state index contributed by atoms with van der Waals surface area (Å²) < 4.78 is 27.7. The fourth-order valence-corrected chi connectivity index (χ4v) is 4.95. The SMILES string of the molecule is COCCN1CCC(c2cc3c(cnn3-c3cc(N4CCOCC4)ncn3)cc2C)C(F)C1. The van der Waals surface area contributed by atoms with Gasteiger partial charge in [-0.25, -0.2) is 19.0 Å². The highest BCUT2D eigenvalue weighted by molar-refractivity contribution is 5.82. The van der Waals surface area contributed by atoms with Crippen molar-refractivity contribution in [2.75, 3.05) is 64.6 Å². The number of aryl methyl sites for hydroxylation is 1. The molecule has 0 N–H and O–H groups in total. The molecule has 8 nitrogen and oxygen atoms in total. The van der Waals surface area contributed by atoms with E-state index < -0.39 is 6.17 Å². The van der Waals surface area contributed by atoms with Crippen LogP contribution in [0.1, 0.15) is 23.5 Å². The molecular weight excluding hydrogens is 423 g/mol. The highest BCUT2D eigenvalue weighted by Gasteiger charge is 2.31. The Labute approximate surface area is 193 Å². The molecule has 2 unspecified atom stereocenters. The van der Waals surface area contributed by atoms with Gasteiger partial charge in [0, 0.05) is 50.7 Å². The number of rotatable bonds is 6. The molecule has 5 rings (SSSR count). The highest BCUT2D eigenvalue weighted by Crippen LogP contribution is 2.35. The molecule has 3 aromatic rings. The molecule has 9 heteroatoms. The minimum absolute atomic E-state index is 0.120. The van der Waals surface area contributed by atoms with Crippen LogP contribution in [0.2, 0.25) is 0 Å². The number of anilines is 1. The van der Waals surface area contributed by atoms with Gasteiger partial charge in [0.15, 0.2) is 5.82 Å². The predicted octanol–water partition coefficient (Wildman–Crippen LogP) is 2.73. The van der Waals surface area contributed by atoms with Gasteiger partial charge in [-0.1, -0.05) is 0 Å². The summed E-state index contributed by atoms with van der Waals surface area (Å²) >= 11 is 0. The molecule has 176 valence electrons. The molecule has 2 fully saturated rings. The van der Waals surface area contributed by atoms with Crippen molar-refractivity contribution in [2.24, 2.45) is 0 Å². The van der Waals surface area contributed by atoms with Crippen LogP contribution in [-0.4, -0.2) is 90.5 Å². The standard InChI is InChI=1S/C24H31FN6O2/c1-17-11-18-14-28-31(24-13-23(26-16-27-24)30-6-9-33-10-7-30)22(18)12-20(17)19-3-4-29(5-8-32-2)15-21(19)25/h11-14,16,19,21H,3-10,15H2,1-2H3. The number of aromatic nitrogens is 4. The van der Waals surface area contributed by atoms with Gasteiger partial charge in [-0.2, -0.15) is 5.10 Å². The van der Waals surface area contributed by atoms with Crippen molar-refractivity contribution in [1.29, 1.82) is 0 Å². The minimum atomic E-state index is -0.907. The summed E-state index contributed by atoms with van der Waals surface area (Å²) in [5, 5.41) is 5.64. The number of hydrogen-bond donors (Lipinski definition) is 0. The molecule has 0 bridgehead atoms. The zero-order valence-corrected chi connectivity index (χ0v) is 19.3. The Balaban J connectivity index is 1.44. The van der Waals surface area contributed by atoms with Gasteiger partial charge >= 0.3 is 0 Å². The van der Waals surface area contributed by atoms with Crippen LogP contribution in [0.25, 0.3) is 16.7 Å². The first-order valence-electron chi connectivity index (χ1n) is 11.6. The highest BCUT2D eigenvalue weighted by atomic mass is 19.1. The van der Waals surface area contributed by atoms with Crippen molar-refractivity contribution in [1.82, 2.24) is 24.6 Å². The molecule has 0 aliphatic carbocycles. The van der Waals surface area contributed by atoms with Gasteiger partial charge in [0.05, 0.1) is 31.5 Å². The number of nitrogens with zero attached hydrogens (tertiary/aromatic N) is 6. The fraction of sp³-hybridized carbons (Fsp3) is 0.542. The van der Waals surface area contributed by atoms with Crippen molar-refractivity contribution in [3.63, 3.8) is 0 Å². The average Bonchev–Trinajstić information content (AvgIpc) is 3.26. The van der Waals surface area contributed by atoms with Crippen LogP contribution in [0, 0.1) is 6.92 Å². The van der Waals surface area contributed by atoms with Crippen molar-refractivity contribution in [3.05, 3.63) is 41.9 Å². The number of methoxy groups -OCH3 is 1. The van der Waals surface area contributed by atoms with Crippen LogP contribution < -0.4 is 4.90 Å². The van der Waals surface area contributed by atoms with E-state index in [4.69, 9.17) is 9.47 Å². The first kappa shape index (κ1) is 22.2. The molecule has 2 atom stereocenters. The second-order valence-corrected chi connectivity index (χ2v) is 8.86. The largest absolute Gasteiger partial charge is 0.383 e. The molecule has 0 spiro atoms. The summed E-state index contributed by atoms with van der Waals surface area (Å²) in [5.41, 5.74) is 3.11. The minimum Gasteiger partial charge on any atom is -0.383 e. The number of morpholine rings is 1. The number of fused-ring (bicyclic) bond motifs is 1. The summed E-state index contributed by atoms with van der Waals surface area (Å²) in [5.74, 6) is 1.46. The smallest absolute Gasteiger partial charge is 0.159 e. The molecule has 2 aliphatic rings. The lowest BCUT2D eigenvalue weighted by Crippen LogP contribution is -2.42. The third kappa shape index (κ3) is 4.58. The van der Waals surface area contributed by atoms with Gasteiger partial charge in [-0.05, 0) is 43.1 Å². The lowest BCUT2D eigenvalue weighted by Gasteiger charge is -2.35. The molecular formula is C24H31FN6O2. The topological polar surface area (TPSA) is 68.5 Å². The monoisotopic (exact) mass is 454 g/mol.